The quantitative estimate of drug-likeness (QED) is 0.738. The molecule has 1 aliphatic rings. The van der Waals surface area contributed by atoms with Crippen molar-refractivity contribution in [1.29, 1.82) is 0 Å². The molecule has 0 fully saturated rings. The fourth-order valence-corrected chi connectivity index (χ4v) is 2.25. The Bertz CT molecular complexity index is 760. The number of carbonyl (C=O) groups excluding carboxylic acids is 1. The van der Waals surface area contributed by atoms with Gasteiger partial charge in [-0.3, -0.25) is 4.79 Å². The van der Waals surface area contributed by atoms with Crippen LogP contribution in [0.4, 0.5) is 13.2 Å². The third-order valence-corrected chi connectivity index (χ3v) is 3.68. The van der Waals surface area contributed by atoms with Crippen LogP contribution in [0.2, 0.25) is 0 Å². The van der Waals surface area contributed by atoms with Gasteiger partial charge in [-0.2, -0.15) is 23.4 Å². The molecule has 2 rings (SSSR count). The van der Waals surface area contributed by atoms with E-state index in [1.165, 1.54) is 0 Å². The number of benzene rings is 1. The van der Waals surface area contributed by atoms with Gasteiger partial charge in [-0.15, -0.1) is 12.3 Å². The normalized spacial score (nSPS) is 14.6. The zero-order chi connectivity index (χ0) is 18.7. The van der Waals surface area contributed by atoms with Crippen LogP contribution in [0.15, 0.2) is 28.4 Å². The molecule has 1 aliphatic heterocycles. The summed E-state index contributed by atoms with van der Waals surface area (Å²) in [6, 6.07) is 2.24. The molecule has 0 aromatic heterocycles. The van der Waals surface area contributed by atoms with E-state index in [-0.39, 0.29) is 6.54 Å². The van der Waals surface area contributed by atoms with Crippen LogP contribution in [0, 0.1) is 12.3 Å². The van der Waals surface area contributed by atoms with Gasteiger partial charge in [-0.05, 0) is 18.2 Å². The Kier molecular flexibility index (Phi) is 5.11. The fourth-order valence-electron chi connectivity index (χ4n) is 2.25. The standard InChI is InChI=1S/C16H14F3N3O3/c1-2-3-6-15(21-22-15)7-8-20-13(23)11-5-4-10(14(24)25)9-12(11)16(17,18)19/h1,4-5,9H,3,6-8H2,(H,20,23)(H,24,25). The van der Waals surface area contributed by atoms with E-state index in [1.807, 2.05) is 0 Å². The third-order valence-electron chi connectivity index (χ3n) is 3.68. The summed E-state index contributed by atoms with van der Waals surface area (Å²) >= 11 is 0. The van der Waals surface area contributed by atoms with Crippen molar-refractivity contribution in [2.45, 2.75) is 31.1 Å². The van der Waals surface area contributed by atoms with Gasteiger partial charge in [0.05, 0.1) is 16.7 Å². The molecule has 25 heavy (non-hydrogen) atoms. The molecule has 6 nitrogen and oxygen atoms in total. The lowest BCUT2D eigenvalue weighted by Crippen LogP contribution is -2.30. The second-order valence-corrected chi connectivity index (χ2v) is 5.46. The summed E-state index contributed by atoms with van der Waals surface area (Å²) in [5, 5.41) is 18.9. The smallest absolute Gasteiger partial charge is 0.417 e. The molecule has 1 heterocycles. The number of carboxylic acids is 1. The highest BCUT2D eigenvalue weighted by Crippen LogP contribution is 2.36. The number of terminal acetylenes is 1. The van der Waals surface area contributed by atoms with E-state index >= 15 is 0 Å². The van der Waals surface area contributed by atoms with E-state index in [9.17, 15) is 22.8 Å². The topological polar surface area (TPSA) is 91.1 Å². The van der Waals surface area contributed by atoms with Gasteiger partial charge in [0, 0.05) is 25.8 Å². The number of hydrogen-bond donors (Lipinski definition) is 2. The van der Waals surface area contributed by atoms with E-state index < -0.39 is 40.4 Å². The van der Waals surface area contributed by atoms with Crippen molar-refractivity contribution >= 4 is 11.9 Å². The number of carbonyl (C=O) groups is 2. The van der Waals surface area contributed by atoms with Crippen molar-refractivity contribution in [3.63, 3.8) is 0 Å². The second-order valence-electron chi connectivity index (χ2n) is 5.46. The lowest BCUT2D eigenvalue weighted by Gasteiger charge is -2.14. The van der Waals surface area contributed by atoms with Crippen molar-refractivity contribution in [2.75, 3.05) is 6.54 Å². The van der Waals surface area contributed by atoms with Crippen LogP contribution in [0.3, 0.4) is 0 Å². The molecule has 0 atom stereocenters. The van der Waals surface area contributed by atoms with Gasteiger partial charge in [0.25, 0.3) is 5.91 Å². The van der Waals surface area contributed by atoms with Crippen molar-refractivity contribution < 1.29 is 27.9 Å². The number of nitrogens with one attached hydrogen (secondary N) is 1. The summed E-state index contributed by atoms with van der Waals surface area (Å²) in [6.45, 7) is 0.0639. The van der Waals surface area contributed by atoms with Crippen molar-refractivity contribution in [3.05, 3.63) is 34.9 Å². The maximum atomic E-state index is 13.1. The van der Waals surface area contributed by atoms with Gasteiger partial charge in [-0.1, -0.05) is 0 Å². The van der Waals surface area contributed by atoms with Gasteiger partial charge < -0.3 is 10.4 Å². The second kappa shape index (κ2) is 6.93. The number of amides is 1. The van der Waals surface area contributed by atoms with Crippen molar-refractivity contribution in [3.8, 4) is 12.3 Å². The molecule has 1 amide bonds. The Labute approximate surface area is 141 Å². The number of rotatable bonds is 7. The first-order valence-electron chi connectivity index (χ1n) is 7.29. The first kappa shape index (κ1) is 18.4. The van der Waals surface area contributed by atoms with Crippen LogP contribution in [-0.4, -0.2) is 29.2 Å². The van der Waals surface area contributed by atoms with Crippen LogP contribution < -0.4 is 5.32 Å². The molecule has 0 bridgehead atoms. The zero-order valence-corrected chi connectivity index (χ0v) is 12.9. The summed E-state index contributed by atoms with van der Waals surface area (Å²) in [5.74, 6) is -0.00958. The monoisotopic (exact) mass is 353 g/mol. The highest BCUT2D eigenvalue weighted by atomic mass is 19.4. The van der Waals surface area contributed by atoms with E-state index in [0.29, 0.717) is 25.3 Å². The van der Waals surface area contributed by atoms with Gasteiger partial charge in [-0.25, -0.2) is 4.79 Å². The molecule has 132 valence electrons. The molecule has 0 unspecified atom stereocenters. The lowest BCUT2D eigenvalue weighted by atomic mass is 10.0. The van der Waals surface area contributed by atoms with Gasteiger partial charge in [0.15, 0.2) is 5.66 Å². The molecule has 9 heteroatoms. The van der Waals surface area contributed by atoms with E-state index in [1.54, 1.807) is 0 Å². The molecule has 0 radical (unpaired) electrons. The Balaban J connectivity index is 2.06. The maximum absolute atomic E-state index is 13.1. The van der Waals surface area contributed by atoms with Crippen LogP contribution in [0.5, 0.6) is 0 Å². The third kappa shape index (κ3) is 4.56. The Morgan fingerprint density at radius 3 is 2.48 bits per heavy atom. The minimum atomic E-state index is -4.85. The molecule has 0 spiro atoms. The molecule has 1 aromatic carbocycles. The molecule has 0 saturated carbocycles. The summed E-state index contributed by atoms with van der Waals surface area (Å²) in [5.41, 5.74) is -3.14. The molecule has 1 aromatic rings. The number of carboxylic acid groups (broad SMARTS) is 1. The summed E-state index contributed by atoms with van der Waals surface area (Å²) in [6.07, 6.45) is 1.60. The van der Waals surface area contributed by atoms with E-state index in [0.717, 1.165) is 12.1 Å². The largest absolute Gasteiger partial charge is 0.478 e. The van der Waals surface area contributed by atoms with Crippen molar-refractivity contribution in [1.82, 2.24) is 5.32 Å². The molecule has 2 N–H and O–H groups in total. The van der Waals surface area contributed by atoms with Crippen LogP contribution >= 0.6 is 0 Å². The Hall–Kier alpha value is -2.89. The number of hydrogen-bond acceptors (Lipinski definition) is 4. The Morgan fingerprint density at radius 2 is 1.96 bits per heavy atom. The van der Waals surface area contributed by atoms with Crippen LogP contribution in [0.25, 0.3) is 0 Å². The molecule has 0 aliphatic carbocycles. The van der Waals surface area contributed by atoms with E-state index in [2.05, 4.69) is 21.5 Å². The first-order chi connectivity index (χ1) is 11.7. The Morgan fingerprint density at radius 1 is 1.28 bits per heavy atom. The number of alkyl halides is 3. The molecular weight excluding hydrogens is 339 g/mol. The van der Waals surface area contributed by atoms with Crippen LogP contribution in [0.1, 0.15) is 45.5 Å². The minimum absolute atomic E-state index is 0.0639. The van der Waals surface area contributed by atoms with Gasteiger partial charge >= 0.3 is 12.1 Å². The van der Waals surface area contributed by atoms with Crippen molar-refractivity contribution in [2.24, 2.45) is 10.2 Å². The SMILES string of the molecule is C#CCCC1(CCNC(=O)c2ccc(C(=O)O)cc2C(F)(F)F)N=N1. The predicted octanol–water partition coefficient (Wildman–Crippen LogP) is 3.10. The van der Waals surface area contributed by atoms with Crippen LogP contribution in [-0.2, 0) is 6.18 Å². The van der Waals surface area contributed by atoms with E-state index in [4.69, 9.17) is 11.5 Å². The molecular formula is C16H14F3N3O3. The highest BCUT2D eigenvalue weighted by Gasteiger charge is 2.39. The first-order valence-corrected chi connectivity index (χ1v) is 7.29. The fraction of sp³-hybridized carbons (Fsp3) is 0.375. The average Bonchev–Trinajstić information content (AvgIpc) is 3.31. The lowest BCUT2D eigenvalue weighted by molar-refractivity contribution is -0.137. The van der Waals surface area contributed by atoms with Gasteiger partial charge in [0.2, 0.25) is 0 Å². The summed E-state index contributed by atoms with van der Waals surface area (Å²) < 4.78 is 39.3. The summed E-state index contributed by atoms with van der Waals surface area (Å²) in [7, 11) is 0. The minimum Gasteiger partial charge on any atom is -0.478 e. The van der Waals surface area contributed by atoms with Gasteiger partial charge in [0.1, 0.15) is 0 Å². The zero-order valence-electron chi connectivity index (χ0n) is 12.9. The average molecular weight is 353 g/mol. The number of aromatic carboxylic acids is 1. The number of halogens is 3. The summed E-state index contributed by atoms with van der Waals surface area (Å²) in [4.78, 5) is 22.9. The number of nitrogens with zero attached hydrogens (tertiary/aromatic N) is 2. The predicted molar refractivity (Wildman–Crippen MR) is 81.0 cm³/mol. The maximum Gasteiger partial charge on any atom is 0.417 e. The highest BCUT2D eigenvalue weighted by molar-refractivity contribution is 5.97. The molecule has 0 saturated heterocycles.